The number of aromatic nitrogens is 3. The Morgan fingerprint density at radius 1 is 1.12 bits per heavy atom. The van der Waals surface area contributed by atoms with Crippen LogP contribution in [0.3, 0.4) is 0 Å². The van der Waals surface area contributed by atoms with Crippen LogP contribution >= 0.6 is 11.3 Å². The van der Waals surface area contributed by atoms with E-state index in [2.05, 4.69) is 11.4 Å². The van der Waals surface area contributed by atoms with Gasteiger partial charge in [-0.3, -0.25) is 4.79 Å². The second-order valence-electron chi connectivity index (χ2n) is 7.74. The van der Waals surface area contributed by atoms with Crippen molar-refractivity contribution in [1.82, 2.24) is 14.6 Å². The second kappa shape index (κ2) is 8.37. The average molecular weight is 450 g/mol. The molecule has 0 saturated carbocycles. The van der Waals surface area contributed by atoms with Gasteiger partial charge in [0.1, 0.15) is 0 Å². The van der Waals surface area contributed by atoms with Crippen molar-refractivity contribution >= 4 is 22.8 Å². The molecule has 0 amide bonds. The molecule has 1 unspecified atom stereocenters. The van der Waals surface area contributed by atoms with Crippen LogP contribution in [-0.4, -0.2) is 41.7 Å². The van der Waals surface area contributed by atoms with Gasteiger partial charge in [0.05, 0.1) is 43.3 Å². The molecule has 0 spiro atoms. The van der Waals surface area contributed by atoms with Gasteiger partial charge in [0, 0.05) is 30.5 Å². The Hall–Kier alpha value is -3.23. The highest BCUT2D eigenvalue weighted by atomic mass is 32.1. The summed E-state index contributed by atoms with van der Waals surface area (Å²) in [5, 5.41) is 6.75. The van der Waals surface area contributed by atoms with Gasteiger partial charge in [-0.1, -0.05) is 12.1 Å². The third kappa shape index (κ3) is 3.45. The Morgan fingerprint density at radius 3 is 2.69 bits per heavy atom. The topological polar surface area (TPSA) is 75.0 Å². The molecular weight excluding hydrogens is 426 g/mol. The summed E-state index contributed by atoms with van der Waals surface area (Å²) in [4.78, 5) is 19.1. The van der Waals surface area contributed by atoms with Crippen molar-refractivity contribution in [2.45, 2.75) is 25.4 Å². The van der Waals surface area contributed by atoms with Crippen LogP contribution in [0.15, 0.2) is 41.9 Å². The molecule has 0 radical (unpaired) electrons. The Kier molecular flexibility index (Phi) is 5.40. The zero-order chi connectivity index (χ0) is 22.2. The first-order valence-corrected chi connectivity index (χ1v) is 11.2. The molecule has 1 atom stereocenters. The van der Waals surface area contributed by atoms with Crippen molar-refractivity contribution in [2.75, 3.05) is 21.3 Å². The van der Waals surface area contributed by atoms with E-state index in [1.165, 1.54) is 4.88 Å². The molecule has 7 nitrogen and oxygen atoms in total. The van der Waals surface area contributed by atoms with Crippen LogP contribution < -0.4 is 9.47 Å². The van der Waals surface area contributed by atoms with E-state index in [1.807, 2.05) is 30.5 Å². The van der Waals surface area contributed by atoms with E-state index >= 15 is 0 Å². The number of hydrogen-bond acceptors (Lipinski definition) is 7. The van der Waals surface area contributed by atoms with Crippen molar-refractivity contribution in [3.8, 4) is 22.6 Å². The zero-order valence-corrected chi connectivity index (χ0v) is 18.9. The van der Waals surface area contributed by atoms with Crippen molar-refractivity contribution < 1.29 is 19.0 Å². The Bertz CT molecular complexity index is 1300. The van der Waals surface area contributed by atoms with Crippen molar-refractivity contribution in [2.24, 2.45) is 0 Å². The molecule has 8 heteroatoms. The van der Waals surface area contributed by atoms with E-state index < -0.39 is 0 Å². The number of nitrogens with zero attached hydrogens (tertiary/aromatic N) is 3. The van der Waals surface area contributed by atoms with Crippen molar-refractivity contribution in [3.05, 3.63) is 63.7 Å². The molecule has 164 valence electrons. The first-order valence-electron chi connectivity index (χ1n) is 10.3. The molecular formula is C24H23N3O4S. The first-order chi connectivity index (χ1) is 15.6. The number of methoxy groups -OCH3 is 3. The van der Waals surface area contributed by atoms with Crippen LogP contribution in [0.4, 0.5) is 0 Å². The fourth-order valence-corrected chi connectivity index (χ4v) is 5.16. The molecule has 0 N–H and O–H groups in total. The minimum absolute atomic E-state index is 0.107. The maximum absolute atomic E-state index is 12.9. The number of thiophene rings is 1. The normalized spacial score (nSPS) is 15.7. The third-order valence-electron chi connectivity index (χ3n) is 5.83. The van der Waals surface area contributed by atoms with Crippen LogP contribution in [0.25, 0.3) is 16.8 Å². The van der Waals surface area contributed by atoms with E-state index in [4.69, 9.17) is 24.3 Å². The third-order valence-corrected chi connectivity index (χ3v) is 6.87. The molecule has 4 aromatic rings. The van der Waals surface area contributed by atoms with Gasteiger partial charge in [-0.2, -0.15) is 5.10 Å². The number of fused-ring (bicyclic) bond motifs is 2. The summed E-state index contributed by atoms with van der Waals surface area (Å²) in [6.45, 7) is 0.323. The van der Waals surface area contributed by atoms with E-state index in [0.29, 0.717) is 35.7 Å². The lowest BCUT2D eigenvalue weighted by molar-refractivity contribution is 0.0963. The lowest BCUT2D eigenvalue weighted by Crippen LogP contribution is -2.20. The summed E-state index contributed by atoms with van der Waals surface area (Å²) >= 11 is 1.69. The second-order valence-corrected chi connectivity index (χ2v) is 8.72. The fourth-order valence-electron chi connectivity index (χ4n) is 4.33. The summed E-state index contributed by atoms with van der Waals surface area (Å²) in [5.41, 5.74) is 4.67. The Balaban J connectivity index is 1.67. The summed E-state index contributed by atoms with van der Waals surface area (Å²) in [6.07, 6.45) is 3.04. The molecule has 5 rings (SSSR count). The minimum atomic E-state index is 0.107. The summed E-state index contributed by atoms with van der Waals surface area (Å²) in [7, 11) is 4.85. The van der Waals surface area contributed by atoms with Gasteiger partial charge in [0.2, 0.25) is 0 Å². The highest BCUT2D eigenvalue weighted by Gasteiger charge is 2.30. The number of hydrogen-bond donors (Lipinski definition) is 0. The van der Waals surface area contributed by atoms with Crippen LogP contribution in [-0.2, 0) is 17.8 Å². The number of carbonyl (C=O) groups excluding carboxylic acids is 1. The van der Waals surface area contributed by atoms with E-state index in [1.54, 1.807) is 37.2 Å². The highest BCUT2D eigenvalue weighted by molar-refractivity contribution is 7.10. The maximum Gasteiger partial charge on any atom is 0.166 e. The van der Waals surface area contributed by atoms with Crippen molar-refractivity contribution in [3.63, 3.8) is 0 Å². The molecule has 3 aromatic heterocycles. The van der Waals surface area contributed by atoms with Crippen LogP contribution in [0, 0.1) is 0 Å². The Morgan fingerprint density at radius 2 is 1.97 bits per heavy atom. The number of ether oxygens (including phenoxy) is 3. The number of benzene rings is 1. The molecule has 0 fully saturated rings. The van der Waals surface area contributed by atoms with Gasteiger partial charge in [-0.15, -0.1) is 11.3 Å². The number of rotatable bonds is 6. The molecule has 1 aromatic carbocycles. The van der Waals surface area contributed by atoms with Gasteiger partial charge >= 0.3 is 0 Å². The number of carbonyl (C=O) groups is 1. The monoisotopic (exact) mass is 449 g/mol. The lowest BCUT2D eigenvalue weighted by Gasteiger charge is -2.22. The van der Waals surface area contributed by atoms with Gasteiger partial charge in [-0.05, 0) is 35.6 Å². The van der Waals surface area contributed by atoms with E-state index in [9.17, 15) is 4.79 Å². The average Bonchev–Trinajstić information content (AvgIpc) is 3.45. The highest BCUT2D eigenvalue weighted by Crippen LogP contribution is 2.38. The molecule has 1 aliphatic carbocycles. The standard InChI is InChI=1S/C24H23N3O4S/c1-29-13-18-23(14-6-7-20(30-2)21(11-14)31-3)24-25-17-9-15(22-5-4-8-32-22)10-19(28)16(17)12-27(24)26-18/h4-8,11-12,15H,9-10,13H2,1-3H3. The summed E-state index contributed by atoms with van der Waals surface area (Å²) in [6, 6.07) is 9.85. The number of Topliss-reactive ketones (excluding diaryl/α,β-unsaturated/α-hetero) is 1. The first kappa shape index (κ1) is 20.7. The number of ketones is 1. The molecule has 1 aliphatic rings. The van der Waals surface area contributed by atoms with Gasteiger partial charge in [0.25, 0.3) is 0 Å². The fraction of sp³-hybridized carbons (Fsp3) is 0.292. The zero-order valence-electron chi connectivity index (χ0n) is 18.1. The Labute approximate surface area is 189 Å². The predicted octanol–water partition coefficient (Wildman–Crippen LogP) is 4.53. The van der Waals surface area contributed by atoms with Crippen LogP contribution in [0.5, 0.6) is 11.5 Å². The van der Waals surface area contributed by atoms with E-state index in [-0.39, 0.29) is 11.7 Å². The van der Waals surface area contributed by atoms with Gasteiger partial charge in [0.15, 0.2) is 22.9 Å². The molecule has 0 bridgehead atoms. The van der Waals surface area contributed by atoms with Gasteiger partial charge < -0.3 is 14.2 Å². The maximum atomic E-state index is 12.9. The molecule has 32 heavy (non-hydrogen) atoms. The largest absolute Gasteiger partial charge is 0.493 e. The smallest absolute Gasteiger partial charge is 0.166 e. The van der Waals surface area contributed by atoms with E-state index in [0.717, 1.165) is 28.9 Å². The van der Waals surface area contributed by atoms with Crippen LogP contribution in [0.2, 0.25) is 0 Å². The SMILES string of the molecule is COCc1nn2cc3c(nc2c1-c1ccc(OC)c(OC)c1)CC(c1cccs1)CC3=O. The molecule has 0 aliphatic heterocycles. The lowest BCUT2D eigenvalue weighted by atomic mass is 9.85. The summed E-state index contributed by atoms with van der Waals surface area (Å²) in [5.74, 6) is 1.54. The minimum Gasteiger partial charge on any atom is -0.493 e. The predicted molar refractivity (Wildman–Crippen MR) is 122 cm³/mol. The molecule has 0 saturated heterocycles. The summed E-state index contributed by atoms with van der Waals surface area (Å²) < 4.78 is 18.0. The quantitative estimate of drug-likeness (QED) is 0.430. The van der Waals surface area contributed by atoms with Crippen molar-refractivity contribution in [1.29, 1.82) is 0 Å². The van der Waals surface area contributed by atoms with Gasteiger partial charge in [-0.25, -0.2) is 9.50 Å². The van der Waals surface area contributed by atoms with Crippen LogP contribution in [0.1, 0.15) is 39.0 Å². The molecule has 3 heterocycles.